The van der Waals surface area contributed by atoms with Crippen molar-refractivity contribution in [3.63, 3.8) is 0 Å². The second-order valence-electron chi connectivity index (χ2n) is 10.1. The lowest BCUT2D eigenvalue weighted by molar-refractivity contribution is -0.155. The van der Waals surface area contributed by atoms with E-state index in [1.54, 1.807) is 0 Å². The van der Waals surface area contributed by atoms with E-state index in [4.69, 9.17) is 26.2 Å². The van der Waals surface area contributed by atoms with Crippen LogP contribution in [0.15, 0.2) is 18.2 Å². The minimum absolute atomic E-state index is 0.455. The molecule has 4 heterocycles. The number of halogens is 1. The minimum Gasteiger partial charge on any atom is -0.347 e. The highest BCUT2D eigenvalue weighted by atomic mass is 35.5. The smallest absolute Gasteiger partial charge is 0.179 e. The van der Waals surface area contributed by atoms with Gasteiger partial charge in [-0.2, -0.15) is 0 Å². The van der Waals surface area contributed by atoms with Gasteiger partial charge in [-0.05, 0) is 81.3 Å². The molecule has 1 aromatic heterocycles. The van der Waals surface area contributed by atoms with Crippen LogP contribution >= 0.6 is 11.6 Å². The van der Waals surface area contributed by atoms with Crippen molar-refractivity contribution in [2.45, 2.75) is 69.5 Å². The Labute approximate surface area is 195 Å². The van der Waals surface area contributed by atoms with E-state index in [2.05, 4.69) is 26.7 Å². The lowest BCUT2D eigenvalue weighted by Crippen LogP contribution is -2.35. The van der Waals surface area contributed by atoms with Crippen molar-refractivity contribution < 1.29 is 9.47 Å². The number of piperidine rings is 1. The van der Waals surface area contributed by atoms with Gasteiger partial charge in [0.2, 0.25) is 0 Å². The molecular formula is C25H33ClN4O2. The molecule has 7 heteroatoms. The summed E-state index contributed by atoms with van der Waals surface area (Å²) in [5.74, 6) is 2.68. The van der Waals surface area contributed by atoms with Crippen LogP contribution in [0, 0.1) is 5.92 Å². The van der Waals surface area contributed by atoms with Crippen LogP contribution in [0.4, 0.5) is 0 Å². The first-order chi connectivity index (χ1) is 15.7. The molecule has 0 radical (unpaired) electrons. The molecule has 3 fully saturated rings. The number of nitrogens with zero attached hydrogens (tertiary/aromatic N) is 4. The highest BCUT2D eigenvalue weighted by molar-refractivity contribution is 6.30. The van der Waals surface area contributed by atoms with Crippen LogP contribution in [-0.2, 0) is 22.3 Å². The van der Waals surface area contributed by atoms with Crippen molar-refractivity contribution in [3.05, 3.63) is 40.4 Å². The summed E-state index contributed by atoms with van der Waals surface area (Å²) in [5.41, 5.74) is 2.29. The van der Waals surface area contributed by atoms with Crippen LogP contribution in [0.25, 0.3) is 5.69 Å². The molecule has 0 bridgehead atoms. The zero-order valence-corrected chi connectivity index (χ0v) is 19.5. The molecule has 6 rings (SSSR count). The van der Waals surface area contributed by atoms with Gasteiger partial charge in [0.15, 0.2) is 5.79 Å². The van der Waals surface area contributed by atoms with Crippen molar-refractivity contribution in [2.24, 2.45) is 5.92 Å². The first-order valence-corrected chi connectivity index (χ1v) is 12.8. The molecule has 3 aliphatic heterocycles. The average Bonchev–Trinajstić information content (AvgIpc) is 3.40. The van der Waals surface area contributed by atoms with E-state index in [9.17, 15) is 0 Å². The van der Waals surface area contributed by atoms with Crippen LogP contribution in [0.1, 0.15) is 68.1 Å². The van der Waals surface area contributed by atoms with Crippen LogP contribution in [0.3, 0.4) is 0 Å². The van der Waals surface area contributed by atoms with E-state index in [1.807, 2.05) is 6.07 Å². The van der Waals surface area contributed by atoms with Gasteiger partial charge in [-0.1, -0.05) is 18.0 Å². The summed E-state index contributed by atoms with van der Waals surface area (Å²) < 4.78 is 14.5. The molecular weight excluding hydrogens is 424 g/mol. The predicted molar refractivity (Wildman–Crippen MR) is 123 cm³/mol. The molecule has 172 valence electrons. The first-order valence-electron chi connectivity index (χ1n) is 12.4. The van der Waals surface area contributed by atoms with Gasteiger partial charge in [0.05, 0.1) is 25.3 Å². The Morgan fingerprint density at radius 1 is 0.969 bits per heavy atom. The lowest BCUT2D eigenvalue weighted by Gasteiger charge is -2.34. The maximum Gasteiger partial charge on any atom is 0.179 e. The standard InChI is InChI=1S/C25H33ClN4O2/c26-21-8-9-22-20(14-21)15-25(31-12-13-32-25)16-23-27-28-24(30(22)23)19-6-4-18(5-7-19)17-29-10-2-1-3-11-29/h8-9,14,18-19H,1-7,10-13,15-17H2/t18-,19-. The van der Waals surface area contributed by atoms with E-state index < -0.39 is 5.79 Å². The maximum absolute atomic E-state index is 6.38. The lowest BCUT2D eigenvalue weighted by atomic mass is 9.81. The second kappa shape index (κ2) is 8.71. The maximum atomic E-state index is 6.38. The molecule has 2 aromatic rings. The van der Waals surface area contributed by atoms with E-state index in [-0.39, 0.29) is 0 Å². The number of fused-ring (bicyclic) bond motifs is 3. The van der Waals surface area contributed by atoms with E-state index in [0.717, 1.165) is 33.8 Å². The van der Waals surface area contributed by atoms with Crippen LogP contribution in [0.5, 0.6) is 0 Å². The fourth-order valence-electron chi connectivity index (χ4n) is 6.29. The summed E-state index contributed by atoms with van der Waals surface area (Å²) in [6, 6.07) is 6.14. The fourth-order valence-corrected chi connectivity index (χ4v) is 6.49. The SMILES string of the molecule is Clc1ccc2c(c1)CC1(Cc3nnc([C@H]4CC[C@H](CN5CCCCC5)CC4)n3-2)OCCO1. The normalized spacial score (nSPS) is 27.8. The van der Waals surface area contributed by atoms with Gasteiger partial charge in [0.25, 0.3) is 0 Å². The average molecular weight is 457 g/mol. The van der Waals surface area contributed by atoms with Gasteiger partial charge in [0.1, 0.15) is 11.6 Å². The van der Waals surface area contributed by atoms with Crippen molar-refractivity contribution in [3.8, 4) is 5.69 Å². The molecule has 0 atom stereocenters. The number of hydrogen-bond acceptors (Lipinski definition) is 5. The number of benzene rings is 1. The van der Waals surface area contributed by atoms with Gasteiger partial charge < -0.3 is 14.4 Å². The Hall–Kier alpha value is -1.47. The molecule has 1 aliphatic carbocycles. The monoisotopic (exact) mass is 456 g/mol. The van der Waals surface area contributed by atoms with E-state index >= 15 is 0 Å². The number of rotatable bonds is 3. The third-order valence-electron chi connectivity index (χ3n) is 7.92. The third-order valence-corrected chi connectivity index (χ3v) is 8.15. The van der Waals surface area contributed by atoms with Crippen LogP contribution < -0.4 is 0 Å². The zero-order valence-electron chi connectivity index (χ0n) is 18.8. The van der Waals surface area contributed by atoms with Crippen LogP contribution in [-0.4, -0.2) is 58.3 Å². The number of hydrogen-bond donors (Lipinski definition) is 0. The van der Waals surface area contributed by atoms with Gasteiger partial charge in [0, 0.05) is 23.9 Å². The largest absolute Gasteiger partial charge is 0.347 e. The molecule has 4 aliphatic rings. The summed E-state index contributed by atoms with van der Waals surface area (Å²) in [4.78, 5) is 2.69. The Kier molecular flexibility index (Phi) is 5.74. The first kappa shape index (κ1) is 21.1. The Morgan fingerprint density at radius 3 is 2.53 bits per heavy atom. The molecule has 0 amide bonds. The Bertz CT molecular complexity index is 957. The van der Waals surface area contributed by atoms with Crippen molar-refractivity contribution >= 4 is 11.6 Å². The molecule has 0 unspecified atom stereocenters. The summed E-state index contributed by atoms with van der Waals surface area (Å²) in [6.45, 7) is 5.12. The van der Waals surface area contributed by atoms with Gasteiger partial charge in [-0.25, -0.2) is 0 Å². The number of aromatic nitrogens is 3. The molecule has 1 aromatic carbocycles. The van der Waals surface area contributed by atoms with Crippen LogP contribution in [0.2, 0.25) is 5.02 Å². The van der Waals surface area contributed by atoms with E-state index in [0.29, 0.717) is 32.0 Å². The van der Waals surface area contributed by atoms with Crippen molar-refractivity contribution in [2.75, 3.05) is 32.8 Å². The second-order valence-corrected chi connectivity index (χ2v) is 10.6. The van der Waals surface area contributed by atoms with Crippen molar-refractivity contribution in [1.82, 2.24) is 19.7 Å². The molecule has 1 saturated carbocycles. The fraction of sp³-hybridized carbons (Fsp3) is 0.680. The van der Waals surface area contributed by atoms with E-state index in [1.165, 1.54) is 64.6 Å². The topological polar surface area (TPSA) is 52.4 Å². The minimum atomic E-state index is -0.649. The summed E-state index contributed by atoms with van der Waals surface area (Å²) >= 11 is 6.38. The Balaban J connectivity index is 1.25. The quantitative estimate of drug-likeness (QED) is 0.679. The van der Waals surface area contributed by atoms with Gasteiger partial charge >= 0.3 is 0 Å². The van der Waals surface area contributed by atoms with Gasteiger partial charge in [-0.3, -0.25) is 4.57 Å². The Morgan fingerprint density at radius 2 is 1.75 bits per heavy atom. The number of ether oxygens (including phenoxy) is 2. The molecule has 1 spiro atoms. The molecule has 2 saturated heterocycles. The number of likely N-dealkylation sites (tertiary alicyclic amines) is 1. The highest BCUT2D eigenvalue weighted by Crippen LogP contribution is 2.40. The molecule has 32 heavy (non-hydrogen) atoms. The predicted octanol–water partition coefficient (Wildman–Crippen LogP) is 4.52. The highest BCUT2D eigenvalue weighted by Gasteiger charge is 2.42. The summed E-state index contributed by atoms with van der Waals surface area (Å²) in [6.07, 6.45) is 10.4. The zero-order chi connectivity index (χ0) is 21.5. The van der Waals surface area contributed by atoms with Gasteiger partial charge in [-0.15, -0.1) is 10.2 Å². The third kappa shape index (κ3) is 4.00. The summed E-state index contributed by atoms with van der Waals surface area (Å²) in [5, 5.41) is 10.1. The molecule has 0 N–H and O–H groups in total. The summed E-state index contributed by atoms with van der Waals surface area (Å²) in [7, 11) is 0. The van der Waals surface area contributed by atoms with Crippen molar-refractivity contribution in [1.29, 1.82) is 0 Å². The molecule has 6 nitrogen and oxygen atoms in total.